The minimum atomic E-state index is -0.433. The molecule has 0 fully saturated rings. The van der Waals surface area contributed by atoms with Gasteiger partial charge in [0.05, 0.1) is 6.10 Å². The van der Waals surface area contributed by atoms with Gasteiger partial charge in [-0.05, 0) is 24.1 Å². The number of aliphatic hydroxyl groups is 1. The second-order valence-electron chi connectivity index (χ2n) is 3.68. The third-order valence-corrected chi connectivity index (χ3v) is 3.22. The van der Waals surface area contributed by atoms with Crippen molar-refractivity contribution in [1.29, 1.82) is 0 Å². The standard InChI is InChI=1S/C12H16BrClO/c1-2-3-4-5-12(15)10-7-6-9(13)8-11(10)14/h6-8,12,15H,2-5H2,1H3. The summed E-state index contributed by atoms with van der Waals surface area (Å²) >= 11 is 9.39. The Balaban J connectivity index is 2.61. The molecule has 0 bridgehead atoms. The summed E-state index contributed by atoms with van der Waals surface area (Å²) in [7, 11) is 0. The molecule has 1 N–H and O–H groups in total. The maximum absolute atomic E-state index is 9.92. The molecular weight excluding hydrogens is 275 g/mol. The van der Waals surface area contributed by atoms with E-state index in [-0.39, 0.29) is 0 Å². The first-order valence-electron chi connectivity index (χ1n) is 5.28. The van der Waals surface area contributed by atoms with Crippen molar-refractivity contribution in [3.8, 4) is 0 Å². The van der Waals surface area contributed by atoms with Crippen LogP contribution in [0.4, 0.5) is 0 Å². The predicted molar refractivity (Wildman–Crippen MR) is 68.3 cm³/mol. The smallest absolute Gasteiger partial charge is 0.0804 e. The minimum Gasteiger partial charge on any atom is -0.388 e. The lowest BCUT2D eigenvalue weighted by molar-refractivity contribution is 0.163. The zero-order chi connectivity index (χ0) is 11.3. The zero-order valence-electron chi connectivity index (χ0n) is 8.84. The van der Waals surface area contributed by atoms with E-state index in [2.05, 4.69) is 22.9 Å². The van der Waals surface area contributed by atoms with E-state index in [9.17, 15) is 5.11 Å². The fraction of sp³-hybridized carbons (Fsp3) is 0.500. The monoisotopic (exact) mass is 290 g/mol. The molecule has 1 nitrogen and oxygen atoms in total. The molecule has 0 saturated carbocycles. The van der Waals surface area contributed by atoms with Crippen LogP contribution in [0.25, 0.3) is 0 Å². The van der Waals surface area contributed by atoms with E-state index in [4.69, 9.17) is 11.6 Å². The minimum absolute atomic E-state index is 0.433. The number of aliphatic hydroxyl groups excluding tert-OH is 1. The Morgan fingerprint density at radius 3 is 2.73 bits per heavy atom. The molecule has 0 aromatic heterocycles. The van der Waals surface area contributed by atoms with Crippen molar-refractivity contribution in [1.82, 2.24) is 0 Å². The van der Waals surface area contributed by atoms with Crippen LogP contribution in [0.1, 0.15) is 44.3 Å². The van der Waals surface area contributed by atoms with Gasteiger partial charge in [-0.1, -0.05) is 59.8 Å². The largest absolute Gasteiger partial charge is 0.388 e. The van der Waals surface area contributed by atoms with E-state index >= 15 is 0 Å². The van der Waals surface area contributed by atoms with Gasteiger partial charge in [0.1, 0.15) is 0 Å². The van der Waals surface area contributed by atoms with Gasteiger partial charge in [-0.3, -0.25) is 0 Å². The number of halogens is 2. The second-order valence-corrected chi connectivity index (χ2v) is 5.00. The summed E-state index contributed by atoms with van der Waals surface area (Å²) in [5.41, 5.74) is 0.830. The summed E-state index contributed by atoms with van der Waals surface area (Å²) in [5.74, 6) is 0. The van der Waals surface area contributed by atoms with Crippen LogP contribution < -0.4 is 0 Å². The molecule has 0 spiro atoms. The molecule has 0 aliphatic rings. The zero-order valence-corrected chi connectivity index (χ0v) is 11.2. The highest BCUT2D eigenvalue weighted by Gasteiger charge is 2.10. The number of unbranched alkanes of at least 4 members (excludes halogenated alkanes) is 2. The van der Waals surface area contributed by atoms with Gasteiger partial charge in [-0.25, -0.2) is 0 Å². The van der Waals surface area contributed by atoms with Gasteiger partial charge >= 0.3 is 0 Å². The van der Waals surface area contributed by atoms with Crippen molar-refractivity contribution < 1.29 is 5.11 Å². The number of hydrogen-bond acceptors (Lipinski definition) is 1. The van der Waals surface area contributed by atoms with Crippen LogP contribution in [0.2, 0.25) is 5.02 Å². The van der Waals surface area contributed by atoms with E-state index in [1.54, 1.807) is 0 Å². The molecule has 1 unspecified atom stereocenters. The molecule has 1 aromatic rings. The molecule has 1 aromatic carbocycles. The molecule has 3 heteroatoms. The Morgan fingerprint density at radius 2 is 2.13 bits per heavy atom. The molecule has 0 aliphatic carbocycles. The van der Waals surface area contributed by atoms with Gasteiger partial charge in [0.2, 0.25) is 0 Å². The van der Waals surface area contributed by atoms with Crippen molar-refractivity contribution in [2.45, 2.75) is 38.7 Å². The van der Waals surface area contributed by atoms with Crippen molar-refractivity contribution in [2.24, 2.45) is 0 Å². The normalized spacial score (nSPS) is 12.8. The molecule has 0 aliphatic heterocycles. The third-order valence-electron chi connectivity index (χ3n) is 2.40. The topological polar surface area (TPSA) is 20.2 Å². The lowest BCUT2D eigenvalue weighted by Gasteiger charge is -2.12. The summed E-state index contributed by atoms with van der Waals surface area (Å²) in [6.45, 7) is 2.15. The van der Waals surface area contributed by atoms with Gasteiger partial charge in [0, 0.05) is 9.50 Å². The van der Waals surface area contributed by atoms with Crippen molar-refractivity contribution in [3.05, 3.63) is 33.3 Å². The first kappa shape index (κ1) is 13.0. The number of hydrogen-bond donors (Lipinski definition) is 1. The van der Waals surface area contributed by atoms with Crippen LogP contribution in [0.5, 0.6) is 0 Å². The molecule has 15 heavy (non-hydrogen) atoms. The molecule has 0 saturated heterocycles. The lowest BCUT2D eigenvalue weighted by Crippen LogP contribution is -1.98. The second kappa shape index (κ2) is 6.51. The van der Waals surface area contributed by atoms with Crippen molar-refractivity contribution in [3.63, 3.8) is 0 Å². The Hall–Kier alpha value is -0.0500. The van der Waals surface area contributed by atoms with E-state index in [0.717, 1.165) is 29.3 Å². The average Bonchev–Trinajstić information content (AvgIpc) is 2.17. The van der Waals surface area contributed by atoms with E-state index < -0.39 is 6.10 Å². The maximum atomic E-state index is 9.92. The van der Waals surface area contributed by atoms with Gasteiger partial charge in [-0.15, -0.1) is 0 Å². The molecular formula is C12H16BrClO. The Bertz CT molecular complexity index is 314. The van der Waals surface area contributed by atoms with Crippen LogP contribution >= 0.6 is 27.5 Å². The molecule has 0 amide bonds. The van der Waals surface area contributed by atoms with Crippen LogP contribution in [0, 0.1) is 0 Å². The predicted octanol–water partition coefficient (Wildman–Crippen LogP) is 4.72. The van der Waals surface area contributed by atoms with Gasteiger partial charge < -0.3 is 5.11 Å². The summed E-state index contributed by atoms with van der Waals surface area (Å²) in [4.78, 5) is 0. The van der Waals surface area contributed by atoms with Gasteiger partial charge in [0.15, 0.2) is 0 Å². The molecule has 1 rings (SSSR count). The van der Waals surface area contributed by atoms with Gasteiger partial charge in [-0.2, -0.15) is 0 Å². The van der Waals surface area contributed by atoms with Gasteiger partial charge in [0.25, 0.3) is 0 Å². The summed E-state index contributed by atoms with van der Waals surface area (Å²) in [6.07, 6.45) is 3.72. The highest BCUT2D eigenvalue weighted by atomic mass is 79.9. The molecule has 0 radical (unpaired) electrons. The summed E-state index contributed by atoms with van der Waals surface area (Å²) in [5, 5.41) is 10.6. The highest BCUT2D eigenvalue weighted by molar-refractivity contribution is 9.10. The maximum Gasteiger partial charge on any atom is 0.0804 e. The fourth-order valence-corrected chi connectivity index (χ4v) is 2.31. The SMILES string of the molecule is CCCCCC(O)c1ccc(Br)cc1Cl. The molecule has 0 heterocycles. The lowest BCUT2D eigenvalue weighted by atomic mass is 10.0. The van der Waals surface area contributed by atoms with E-state index in [1.165, 1.54) is 6.42 Å². The fourth-order valence-electron chi connectivity index (χ4n) is 1.51. The highest BCUT2D eigenvalue weighted by Crippen LogP contribution is 2.29. The summed E-state index contributed by atoms with van der Waals surface area (Å²) in [6, 6.07) is 5.60. The quantitative estimate of drug-likeness (QED) is 0.779. The Morgan fingerprint density at radius 1 is 1.40 bits per heavy atom. The first-order valence-corrected chi connectivity index (χ1v) is 6.45. The van der Waals surface area contributed by atoms with E-state index in [1.807, 2.05) is 18.2 Å². The Labute approximate surface area is 105 Å². The van der Waals surface area contributed by atoms with Crippen LogP contribution in [0.3, 0.4) is 0 Å². The number of benzene rings is 1. The first-order chi connectivity index (χ1) is 7.15. The van der Waals surface area contributed by atoms with Crippen molar-refractivity contribution >= 4 is 27.5 Å². The number of rotatable bonds is 5. The van der Waals surface area contributed by atoms with E-state index in [0.29, 0.717) is 5.02 Å². The van der Waals surface area contributed by atoms with Crippen LogP contribution in [0.15, 0.2) is 22.7 Å². The summed E-state index contributed by atoms with van der Waals surface area (Å²) < 4.78 is 0.942. The van der Waals surface area contributed by atoms with Crippen LogP contribution in [-0.4, -0.2) is 5.11 Å². The molecule has 1 atom stereocenters. The van der Waals surface area contributed by atoms with Crippen molar-refractivity contribution in [2.75, 3.05) is 0 Å². The average molecular weight is 292 g/mol. The van der Waals surface area contributed by atoms with Crippen LogP contribution in [-0.2, 0) is 0 Å². The Kier molecular flexibility index (Phi) is 5.65. The molecule has 84 valence electrons. The third kappa shape index (κ3) is 4.13.